The van der Waals surface area contributed by atoms with Gasteiger partial charge in [0.1, 0.15) is 0 Å². The molecule has 0 radical (unpaired) electrons. The normalized spacial score (nSPS) is 12.9. The van der Waals surface area contributed by atoms with Crippen LogP contribution < -0.4 is 22.9 Å². The first-order valence-electron chi connectivity index (χ1n) is 10.1. The number of benzene rings is 4. The number of nitrogens with two attached hydrogens (primary N) is 4. The van der Waals surface area contributed by atoms with E-state index in [1.54, 1.807) is 48.5 Å². The molecule has 0 saturated heterocycles. The van der Waals surface area contributed by atoms with E-state index in [-0.39, 0.29) is 27.1 Å². The molecule has 33 heavy (non-hydrogen) atoms. The second-order valence-electron chi connectivity index (χ2n) is 7.75. The predicted molar refractivity (Wildman–Crippen MR) is 132 cm³/mol. The summed E-state index contributed by atoms with van der Waals surface area (Å²) in [6.45, 7) is -0.269. The van der Waals surface area contributed by atoms with E-state index in [1.165, 1.54) is 24.3 Å². The minimum absolute atomic E-state index is 0.230. The van der Waals surface area contributed by atoms with Gasteiger partial charge in [-0.1, -0.05) is 48.5 Å². The molecule has 8 N–H and O–H groups in total. The number of rotatable bonds is 6. The molecule has 172 valence electrons. The summed E-state index contributed by atoms with van der Waals surface area (Å²) in [5.74, 6) is 0. The van der Waals surface area contributed by atoms with Crippen molar-refractivity contribution in [1.82, 2.24) is 0 Å². The van der Waals surface area contributed by atoms with Crippen molar-refractivity contribution in [2.45, 2.75) is 20.4 Å². The van der Waals surface area contributed by atoms with Gasteiger partial charge in [-0.2, -0.15) is 0 Å². The Hall–Kier alpha value is -3.18. The topological polar surface area (TPSA) is 172 Å². The van der Waals surface area contributed by atoms with Crippen molar-refractivity contribution in [3.05, 3.63) is 72.8 Å². The Kier molecular flexibility index (Phi) is 5.57. The maximum atomic E-state index is 14.0. The van der Waals surface area contributed by atoms with Crippen LogP contribution in [0.25, 0.3) is 21.5 Å². The fourth-order valence-corrected chi connectivity index (χ4v) is 8.69. The highest BCUT2D eigenvalue weighted by molar-refractivity contribution is 8.10. The van der Waals surface area contributed by atoms with Crippen molar-refractivity contribution < 1.29 is 16.8 Å². The molecule has 0 unspecified atom stereocenters. The van der Waals surface area contributed by atoms with E-state index in [1.807, 2.05) is 0 Å². The molecule has 0 aliphatic carbocycles. The lowest BCUT2D eigenvalue weighted by Crippen LogP contribution is -2.55. The first kappa shape index (κ1) is 23.0. The van der Waals surface area contributed by atoms with Crippen molar-refractivity contribution in [2.24, 2.45) is 11.5 Å². The van der Waals surface area contributed by atoms with Crippen LogP contribution in [-0.2, 0) is 19.7 Å². The van der Waals surface area contributed by atoms with Gasteiger partial charge in [-0.3, -0.25) is 5.73 Å². The van der Waals surface area contributed by atoms with Gasteiger partial charge in [-0.05, 0) is 30.8 Å². The highest BCUT2D eigenvalue weighted by Gasteiger charge is 2.53. The summed E-state index contributed by atoms with van der Waals surface area (Å²) in [7, 11) is -9.34. The Morgan fingerprint density at radius 2 is 0.970 bits per heavy atom. The van der Waals surface area contributed by atoms with Crippen LogP contribution in [0.2, 0.25) is 0 Å². The van der Waals surface area contributed by atoms with Crippen LogP contribution in [0.3, 0.4) is 0 Å². The van der Waals surface area contributed by atoms with Gasteiger partial charge < -0.3 is 17.2 Å². The average molecular weight is 485 g/mol. The first-order valence-corrected chi connectivity index (χ1v) is 13.1. The van der Waals surface area contributed by atoms with Crippen molar-refractivity contribution in [3.63, 3.8) is 0 Å². The van der Waals surface area contributed by atoms with Crippen LogP contribution in [0.15, 0.2) is 82.6 Å². The lowest BCUT2D eigenvalue weighted by Gasteiger charge is -2.30. The molecule has 0 spiro atoms. The van der Waals surface area contributed by atoms with Gasteiger partial charge in [-0.25, -0.2) is 16.8 Å². The molecular formula is C23H24N4O4S2. The summed E-state index contributed by atoms with van der Waals surface area (Å²) >= 11 is 0. The van der Waals surface area contributed by atoms with Gasteiger partial charge in [0.05, 0.1) is 9.79 Å². The summed E-state index contributed by atoms with van der Waals surface area (Å²) in [6, 6.07) is 18.5. The lowest BCUT2D eigenvalue weighted by atomic mass is 10.1. The minimum Gasteiger partial charge on any atom is -0.398 e. The van der Waals surface area contributed by atoms with Crippen molar-refractivity contribution >= 4 is 52.6 Å². The Morgan fingerprint density at radius 1 is 0.606 bits per heavy atom. The Bertz CT molecular complexity index is 1480. The third-order valence-corrected chi connectivity index (χ3v) is 11.2. The molecule has 0 saturated carbocycles. The van der Waals surface area contributed by atoms with E-state index < -0.39 is 30.3 Å². The molecular weight excluding hydrogens is 460 g/mol. The standard InChI is InChI=1S/C23H24N4O4S2/c24-14-13-23(27,32(28,29)21-11-9-19(25)15-5-1-3-7-17(15)21)33(30,31)22-12-10-20(26)16-6-2-4-8-18(16)22/h1-12H,13-14,24-27H2. The lowest BCUT2D eigenvalue weighted by molar-refractivity contribution is 0.530. The van der Waals surface area contributed by atoms with Crippen LogP contribution in [0, 0.1) is 0 Å². The zero-order valence-corrected chi connectivity index (χ0v) is 19.2. The summed E-state index contributed by atoms with van der Waals surface area (Å²) in [5.41, 5.74) is 24.8. The summed E-state index contributed by atoms with van der Waals surface area (Å²) in [4.78, 5) is -0.460. The summed E-state index contributed by atoms with van der Waals surface area (Å²) in [5, 5.41) is 1.51. The molecule has 0 atom stereocenters. The maximum Gasteiger partial charge on any atom is 0.231 e. The van der Waals surface area contributed by atoms with Crippen LogP contribution in [0.5, 0.6) is 0 Å². The average Bonchev–Trinajstić information content (AvgIpc) is 2.79. The minimum atomic E-state index is -4.67. The Morgan fingerprint density at radius 3 is 1.33 bits per heavy atom. The van der Waals surface area contributed by atoms with Gasteiger partial charge in [0.25, 0.3) is 0 Å². The zero-order chi connectivity index (χ0) is 24.0. The third-order valence-electron chi connectivity index (χ3n) is 5.82. The van der Waals surface area contributed by atoms with Gasteiger partial charge in [0.15, 0.2) is 0 Å². The number of nitrogen functional groups attached to an aromatic ring is 2. The van der Waals surface area contributed by atoms with Gasteiger partial charge in [0.2, 0.25) is 23.9 Å². The van der Waals surface area contributed by atoms with Crippen LogP contribution in [-0.4, -0.2) is 27.6 Å². The number of fused-ring (bicyclic) bond motifs is 2. The van der Waals surface area contributed by atoms with E-state index in [4.69, 9.17) is 22.9 Å². The quantitative estimate of drug-likeness (QED) is 0.302. The SMILES string of the molecule is NCCC(N)(S(=O)(=O)c1ccc(N)c2ccccc12)S(=O)(=O)c1ccc(N)c2ccccc12. The number of hydrogen-bond acceptors (Lipinski definition) is 8. The summed E-state index contributed by atoms with van der Waals surface area (Å²) in [6.07, 6.45) is -0.519. The fourth-order valence-electron chi connectivity index (χ4n) is 4.04. The van der Waals surface area contributed by atoms with Crippen molar-refractivity contribution in [3.8, 4) is 0 Å². The highest BCUT2D eigenvalue weighted by atomic mass is 32.3. The van der Waals surface area contributed by atoms with Crippen molar-refractivity contribution in [2.75, 3.05) is 18.0 Å². The van der Waals surface area contributed by atoms with Crippen LogP contribution >= 0.6 is 0 Å². The molecule has 0 aliphatic rings. The summed E-state index contributed by atoms with van der Waals surface area (Å²) < 4.78 is 53.1. The smallest absolute Gasteiger partial charge is 0.231 e. The molecule has 0 bridgehead atoms. The van der Waals surface area contributed by atoms with E-state index in [2.05, 4.69) is 0 Å². The van der Waals surface area contributed by atoms with E-state index in [0.717, 1.165) is 0 Å². The number of anilines is 2. The molecule has 0 heterocycles. The van der Waals surface area contributed by atoms with Gasteiger partial charge >= 0.3 is 0 Å². The molecule has 4 aromatic carbocycles. The van der Waals surface area contributed by atoms with Gasteiger partial charge in [0, 0.05) is 39.3 Å². The maximum absolute atomic E-state index is 14.0. The number of sulfone groups is 2. The molecule has 0 amide bonds. The fraction of sp³-hybridized carbons (Fsp3) is 0.130. The van der Waals surface area contributed by atoms with Crippen LogP contribution in [0.4, 0.5) is 11.4 Å². The van der Waals surface area contributed by atoms with E-state index in [0.29, 0.717) is 22.1 Å². The molecule has 0 fully saturated rings. The zero-order valence-electron chi connectivity index (χ0n) is 17.6. The van der Waals surface area contributed by atoms with Crippen LogP contribution in [0.1, 0.15) is 6.42 Å². The first-order chi connectivity index (χ1) is 15.6. The third kappa shape index (κ3) is 3.34. The number of hydrogen-bond donors (Lipinski definition) is 4. The molecule has 0 aliphatic heterocycles. The molecule has 8 nitrogen and oxygen atoms in total. The second kappa shape index (κ2) is 7.99. The molecule has 10 heteroatoms. The molecule has 4 aromatic rings. The van der Waals surface area contributed by atoms with Crippen molar-refractivity contribution in [1.29, 1.82) is 0 Å². The predicted octanol–water partition coefficient (Wildman–Crippen LogP) is 2.37. The Balaban J connectivity index is 2.04. The highest BCUT2D eigenvalue weighted by Crippen LogP contribution is 2.40. The van der Waals surface area contributed by atoms with E-state index >= 15 is 0 Å². The Labute approximate surface area is 192 Å². The monoisotopic (exact) mass is 484 g/mol. The van der Waals surface area contributed by atoms with E-state index in [9.17, 15) is 16.8 Å². The molecule has 0 aromatic heterocycles. The largest absolute Gasteiger partial charge is 0.398 e. The molecule has 4 rings (SSSR count). The second-order valence-corrected chi connectivity index (χ2v) is 12.4. The van der Waals surface area contributed by atoms with Gasteiger partial charge in [-0.15, -0.1) is 0 Å².